The number of piperidine rings is 1. The second-order valence-corrected chi connectivity index (χ2v) is 5.50. The van der Waals surface area contributed by atoms with Gasteiger partial charge >= 0.3 is 0 Å². The molecule has 3 atom stereocenters. The molecule has 3 heteroatoms. The number of nitrogens with zero attached hydrogens (tertiary/aromatic N) is 1. The van der Waals surface area contributed by atoms with Crippen molar-refractivity contribution in [1.29, 1.82) is 0 Å². The molecule has 2 rings (SSSR count). The zero-order valence-electron chi connectivity index (χ0n) is 12.1. The monoisotopic (exact) mass is 262 g/mol. The van der Waals surface area contributed by atoms with Crippen molar-refractivity contribution in [3.63, 3.8) is 0 Å². The van der Waals surface area contributed by atoms with Gasteiger partial charge in [0.15, 0.2) is 0 Å². The quantitative estimate of drug-likeness (QED) is 0.886. The Hall–Kier alpha value is -0.900. The molecule has 1 aliphatic heterocycles. The number of methoxy groups -OCH3 is 1. The molecule has 0 aliphatic carbocycles. The lowest BCUT2D eigenvalue weighted by Gasteiger charge is -2.45. The van der Waals surface area contributed by atoms with Crippen LogP contribution in [0.25, 0.3) is 0 Å². The number of likely N-dealkylation sites (tertiary alicyclic amines) is 1. The van der Waals surface area contributed by atoms with Gasteiger partial charge in [-0.3, -0.25) is 4.90 Å². The fourth-order valence-corrected chi connectivity index (χ4v) is 3.30. The molecule has 0 radical (unpaired) electrons. The standard InChI is InChI=1S/C16H26N2O/c1-13-7-6-10-15(11-17)18(13)16(12-19-2)14-8-4-3-5-9-14/h3-5,8-9,13,15-16H,6-7,10-12,17H2,1-2H3. The number of nitrogens with two attached hydrogens (primary N) is 1. The first-order chi connectivity index (χ1) is 9.27. The minimum Gasteiger partial charge on any atom is -0.383 e. The number of ether oxygens (including phenoxy) is 1. The van der Waals surface area contributed by atoms with Gasteiger partial charge in [-0.1, -0.05) is 36.8 Å². The molecule has 3 nitrogen and oxygen atoms in total. The van der Waals surface area contributed by atoms with Gasteiger partial charge in [-0.05, 0) is 25.3 Å². The van der Waals surface area contributed by atoms with E-state index in [1.54, 1.807) is 7.11 Å². The van der Waals surface area contributed by atoms with Gasteiger partial charge in [-0.25, -0.2) is 0 Å². The van der Waals surface area contributed by atoms with Crippen LogP contribution < -0.4 is 5.73 Å². The highest BCUT2D eigenvalue weighted by Gasteiger charge is 2.33. The second-order valence-electron chi connectivity index (χ2n) is 5.50. The normalized spacial score (nSPS) is 26.3. The fourth-order valence-electron chi connectivity index (χ4n) is 3.30. The largest absolute Gasteiger partial charge is 0.383 e. The van der Waals surface area contributed by atoms with Crippen LogP contribution in [0.4, 0.5) is 0 Å². The minimum absolute atomic E-state index is 0.315. The summed E-state index contributed by atoms with van der Waals surface area (Å²) in [4.78, 5) is 2.57. The van der Waals surface area contributed by atoms with E-state index in [4.69, 9.17) is 10.5 Å². The van der Waals surface area contributed by atoms with E-state index in [0.29, 0.717) is 18.1 Å². The molecule has 0 spiro atoms. The predicted molar refractivity (Wildman–Crippen MR) is 79.1 cm³/mol. The zero-order valence-corrected chi connectivity index (χ0v) is 12.1. The summed E-state index contributed by atoms with van der Waals surface area (Å²) in [7, 11) is 1.78. The lowest BCUT2D eigenvalue weighted by atomic mass is 9.92. The molecule has 3 unspecified atom stereocenters. The Labute approximate surface area is 116 Å². The van der Waals surface area contributed by atoms with Crippen molar-refractivity contribution < 1.29 is 4.74 Å². The summed E-state index contributed by atoms with van der Waals surface area (Å²) in [5.41, 5.74) is 7.32. The maximum absolute atomic E-state index is 5.99. The molecular formula is C16H26N2O. The number of benzene rings is 1. The molecule has 0 amide bonds. The molecular weight excluding hydrogens is 236 g/mol. The highest BCUT2D eigenvalue weighted by Crippen LogP contribution is 2.32. The molecule has 1 aromatic rings. The first kappa shape index (κ1) is 14.5. The van der Waals surface area contributed by atoms with Crippen LogP contribution in [0.3, 0.4) is 0 Å². The van der Waals surface area contributed by atoms with E-state index >= 15 is 0 Å². The Bertz CT molecular complexity index is 368. The predicted octanol–water partition coefficient (Wildman–Crippen LogP) is 2.58. The van der Waals surface area contributed by atoms with Crippen LogP contribution in [-0.4, -0.2) is 37.2 Å². The summed E-state index contributed by atoms with van der Waals surface area (Å²) < 4.78 is 5.47. The molecule has 0 bridgehead atoms. The maximum atomic E-state index is 5.99. The maximum Gasteiger partial charge on any atom is 0.0660 e. The van der Waals surface area contributed by atoms with Crippen molar-refractivity contribution >= 4 is 0 Å². The molecule has 1 fully saturated rings. The van der Waals surface area contributed by atoms with Crippen molar-refractivity contribution in [2.75, 3.05) is 20.3 Å². The molecule has 1 saturated heterocycles. The van der Waals surface area contributed by atoms with Gasteiger partial charge in [0.2, 0.25) is 0 Å². The number of hydrogen-bond acceptors (Lipinski definition) is 3. The zero-order chi connectivity index (χ0) is 13.7. The topological polar surface area (TPSA) is 38.5 Å². The summed E-state index contributed by atoms with van der Waals surface area (Å²) in [6.45, 7) is 3.77. The average molecular weight is 262 g/mol. The van der Waals surface area contributed by atoms with E-state index in [1.807, 2.05) is 0 Å². The number of rotatable bonds is 5. The van der Waals surface area contributed by atoms with Crippen LogP contribution in [0, 0.1) is 0 Å². The van der Waals surface area contributed by atoms with Crippen LogP contribution in [0.5, 0.6) is 0 Å². The molecule has 1 aromatic carbocycles. The second kappa shape index (κ2) is 7.04. The average Bonchev–Trinajstić information content (AvgIpc) is 2.46. The lowest BCUT2D eigenvalue weighted by molar-refractivity contribution is 0.00903. The molecule has 1 aliphatic rings. The summed E-state index contributed by atoms with van der Waals surface area (Å²) in [6, 6.07) is 12.0. The smallest absolute Gasteiger partial charge is 0.0660 e. The fraction of sp³-hybridized carbons (Fsp3) is 0.625. The van der Waals surface area contributed by atoms with Gasteiger partial charge in [-0.15, -0.1) is 0 Å². The van der Waals surface area contributed by atoms with Crippen molar-refractivity contribution in [3.8, 4) is 0 Å². The van der Waals surface area contributed by atoms with Gasteiger partial charge in [0.1, 0.15) is 0 Å². The SMILES string of the molecule is COCC(c1ccccc1)N1C(C)CCCC1CN. The Balaban J connectivity index is 2.25. The number of hydrogen-bond donors (Lipinski definition) is 1. The Kier molecular flexibility index (Phi) is 5.37. The molecule has 1 heterocycles. The van der Waals surface area contributed by atoms with E-state index in [-0.39, 0.29) is 0 Å². The highest BCUT2D eigenvalue weighted by atomic mass is 16.5. The first-order valence-corrected chi connectivity index (χ1v) is 7.29. The Morgan fingerprint density at radius 3 is 2.68 bits per heavy atom. The summed E-state index contributed by atoms with van der Waals surface area (Å²) in [6.07, 6.45) is 3.74. The van der Waals surface area contributed by atoms with Gasteiger partial charge in [-0.2, -0.15) is 0 Å². The summed E-state index contributed by atoms with van der Waals surface area (Å²) >= 11 is 0. The third kappa shape index (κ3) is 3.35. The van der Waals surface area contributed by atoms with E-state index < -0.39 is 0 Å². The van der Waals surface area contributed by atoms with E-state index in [0.717, 1.165) is 13.2 Å². The Morgan fingerprint density at radius 2 is 2.05 bits per heavy atom. The van der Waals surface area contributed by atoms with Crippen LogP contribution in [0.2, 0.25) is 0 Å². The summed E-state index contributed by atoms with van der Waals surface area (Å²) in [5.74, 6) is 0. The van der Waals surface area contributed by atoms with Crippen LogP contribution in [0.15, 0.2) is 30.3 Å². The third-order valence-electron chi connectivity index (χ3n) is 4.23. The van der Waals surface area contributed by atoms with E-state index in [9.17, 15) is 0 Å². The molecule has 106 valence electrons. The van der Waals surface area contributed by atoms with Crippen molar-refractivity contribution in [1.82, 2.24) is 4.90 Å². The molecule has 2 N–H and O–H groups in total. The highest BCUT2D eigenvalue weighted by molar-refractivity contribution is 5.20. The van der Waals surface area contributed by atoms with E-state index in [2.05, 4.69) is 42.2 Å². The molecule has 0 saturated carbocycles. The van der Waals surface area contributed by atoms with E-state index in [1.165, 1.54) is 24.8 Å². The van der Waals surface area contributed by atoms with Gasteiger partial charge in [0.05, 0.1) is 12.6 Å². The van der Waals surface area contributed by atoms with Crippen LogP contribution in [-0.2, 0) is 4.74 Å². The van der Waals surface area contributed by atoms with Crippen molar-refractivity contribution in [2.24, 2.45) is 5.73 Å². The third-order valence-corrected chi connectivity index (χ3v) is 4.23. The van der Waals surface area contributed by atoms with Crippen molar-refractivity contribution in [3.05, 3.63) is 35.9 Å². The molecule has 19 heavy (non-hydrogen) atoms. The lowest BCUT2D eigenvalue weighted by Crippen LogP contribution is -2.51. The Morgan fingerprint density at radius 1 is 1.32 bits per heavy atom. The first-order valence-electron chi connectivity index (χ1n) is 7.29. The van der Waals surface area contributed by atoms with Crippen LogP contribution >= 0.6 is 0 Å². The van der Waals surface area contributed by atoms with Crippen LogP contribution in [0.1, 0.15) is 37.8 Å². The minimum atomic E-state index is 0.315. The van der Waals surface area contributed by atoms with Gasteiger partial charge in [0.25, 0.3) is 0 Å². The van der Waals surface area contributed by atoms with Crippen molar-refractivity contribution in [2.45, 2.75) is 44.3 Å². The van der Waals surface area contributed by atoms with Gasteiger partial charge in [0, 0.05) is 25.7 Å². The summed E-state index contributed by atoms with van der Waals surface area (Å²) in [5, 5.41) is 0. The van der Waals surface area contributed by atoms with Gasteiger partial charge < -0.3 is 10.5 Å². The molecule has 0 aromatic heterocycles.